The standard InChI is InChI=1S/C72H114ClF3N12O13/c1-11-13-14-26-52-61(91)78-58(44(3)12-2)67(97)81(6)45(4)63(93)88-36-32-54(88)65(95)84(9)59(47-22-15-16-23-47)68(98)80(5)43-56(89)77-51(31-29-46-28-30-49(50(73)41-46)72(74,75)76)64(94)87-35-21-27-53(87)62(92)79-71(33-19-20-34-71)70(100)85(10)60(48-24-17-18-25-48)69(99)83(8)55(42-57(90)82(52)7)66(96)86-37-39-101-40-38-86/h44-55,58-60H,11-43H2,1-10H3,(H,77,89)(H,78,91)(H,79,92)/t44-,45-,46?,49?,50?,51-,52-,53-,54-,55-,58-,59-,60-/m0/s1. The van der Waals surface area contributed by atoms with Gasteiger partial charge < -0.3 is 64.8 Å². The number of likely N-dealkylation sites (N-methyl/N-ethyl adjacent to an activating group) is 6. The minimum atomic E-state index is -4.51. The number of rotatable bonds is 12. The van der Waals surface area contributed by atoms with Crippen LogP contribution in [0, 0.1) is 29.6 Å². The summed E-state index contributed by atoms with van der Waals surface area (Å²) in [6.07, 6.45) is 5.02. The molecule has 4 saturated heterocycles. The fourth-order valence-electron chi connectivity index (χ4n) is 17.2. The number of carbonyl (C=O) groups excluding carboxylic acids is 12. The maximum absolute atomic E-state index is 15.7. The normalized spacial score (nSPS) is 31.5. The molecular formula is C72H114ClF3N12O13. The highest BCUT2D eigenvalue weighted by Crippen LogP contribution is 2.44. The number of ether oxygens (including phenoxy) is 1. The second-order valence-electron chi connectivity index (χ2n) is 30.5. The average molecular weight is 1450 g/mol. The molecule has 4 heterocycles. The zero-order chi connectivity index (χ0) is 73.9. The van der Waals surface area contributed by atoms with Crippen LogP contribution in [0.15, 0.2) is 0 Å². The van der Waals surface area contributed by atoms with Gasteiger partial charge in [-0.2, -0.15) is 13.2 Å². The summed E-state index contributed by atoms with van der Waals surface area (Å²) >= 11 is 6.41. The summed E-state index contributed by atoms with van der Waals surface area (Å²) in [5.41, 5.74) is -1.56. The van der Waals surface area contributed by atoms with Gasteiger partial charge in [-0.15, -0.1) is 11.6 Å². The average Bonchev–Trinajstić information content (AvgIpc) is 1.48. The quantitative estimate of drug-likeness (QED) is 0.167. The van der Waals surface area contributed by atoms with Crippen molar-refractivity contribution in [3.05, 3.63) is 0 Å². The third kappa shape index (κ3) is 18.6. The fraction of sp³-hybridized carbons (Fsp3) is 0.833. The van der Waals surface area contributed by atoms with Crippen LogP contribution in [-0.4, -0.2) is 275 Å². The first-order valence-corrected chi connectivity index (χ1v) is 38.0. The van der Waals surface area contributed by atoms with Gasteiger partial charge in [0, 0.05) is 73.8 Å². The van der Waals surface area contributed by atoms with Crippen molar-refractivity contribution < 1.29 is 75.4 Å². The summed E-state index contributed by atoms with van der Waals surface area (Å²) in [5, 5.41) is 7.67. The number of halogens is 4. The van der Waals surface area contributed by atoms with Gasteiger partial charge in [-0.3, -0.25) is 57.5 Å². The Labute approximate surface area is 599 Å². The number of hydrogen-bond donors (Lipinski definition) is 3. The molecule has 3 N–H and O–H groups in total. The number of nitrogens with zero attached hydrogens (tertiary/aromatic N) is 9. The highest BCUT2D eigenvalue weighted by molar-refractivity contribution is 6.21. The first-order valence-electron chi connectivity index (χ1n) is 37.6. The molecule has 25 nitrogen and oxygen atoms in total. The third-order valence-electron chi connectivity index (χ3n) is 24.0. The second-order valence-corrected chi connectivity index (χ2v) is 31.1. The minimum Gasteiger partial charge on any atom is -0.378 e. The molecule has 1 spiro atoms. The van der Waals surface area contributed by atoms with Gasteiger partial charge in [-0.25, -0.2) is 0 Å². The number of nitrogens with one attached hydrogen (secondary N) is 3. The zero-order valence-corrected chi connectivity index (χ0v) is 62.1. The van der Waals surface area contributed by atoms with Gasteiger partial charge in [-0.1, -0.05) is 85.0 Å². The summed E-state index contributed by atoms with van der Waals surface area (Å²) in [6, 6.07) is -10.7. The molecule has 568 valence electrons. The lowest BCUT2D eigenvalue weighted by Gasteiger charge is -2.45. The highest BCUT2D eigenvalue weighted by atomic mass is 35.5. The van der Waals surface area contributed by atoms with Crippen LogP contribution in [0.4, 0.5) is 13.2 Å². The van der Waals surface area contributed by atoms with E-state index in [0.29, 0.717) is 64.2 Å². The summed E-state index contributed by atoms with van der Waals surface area (Å²) in [4.78, 5) is 193. The molecule has 4 aliphatic carbocycles. The zero-order valence-electron chi connectivity index (χ0n) is 61.3. The van der Waals surface area contributed by atoms with Crippen molar-refractivity contribution in [3.63, 3.8) is 0 Å². The Kier molecular flexibility index (Phi) is 28.2. The Morgan fingerprint density at radius 2 is 1.23 bits per heavy atom. The van der Waals surface area contributed by atoms with E-state index in [4.69, 9.17) is 16.3 Å². The lowest BCUT2D eigenvalue weighted by molar-refractivity contribution is -0.182. The Morgan fingerprint density at radius 1 is 0.614 bits per heavy atom. The number of amides is 12. The molecule has 8 aliphatic rings. The van der Waals surface area contributed by atoms with Gasteiger partial charge >= 0.3 is 6.18 Å². The molecular weight excluding hydrogens is 1330 g/mol. The predicted octanol–water partition coefficient (Wildman–Crippen LogP) is 5.23. The number of morpholine rings is 1. The fourth-order valence-corrected chi connectivity index (χ4v) is 17.7. The molecule has 13 atom stereocenters. The smallest absolute Gasteiger partial charge is 0.378 e. The monoisotopic (exact) mass is 1450 g/mol. The Morgan fingerprint density at radius 3 is 1.80 bits per heavy atom. The summed E-state index contributed by atoms with van der Waals surface area (Å²) < 4.78 is 47.7. The summed E-state index contributed by atoms with van der Waals surface area (Å²) in [7, 11) is 8.77. The second kappa shape index (κ2) is 35.4. The number of fused-ring (bicyclic) bond motifs is 2. The van der Waals surface area contributed by atoms with Crippen molar-refractivity contribution in [1.82, 2.24) is 60.0 Å². The molecule has 4 aliphatic heterocycles. The van der Waals surface area contributed by atoms with Crippen molar-refractivity contribution in [2.75, 3.05) is 88.2 Å². The number of carbonyl (C=O) groups is 12. The molecule has 4 saturated carbocycles. The van der Waals surface area contributed by atoms with E-state index >= 15 is 33.6 Å². The Balaban J connectivity index is 1.16. The molecule has 0 aromatic heterocycles. The topological polar surface area (TPSA) is 279 Å². The number of hydrogen-bond acceptors (Lipinski definition) is 13. The molecule has 8 rings (SSSR count). The summed E-state index contributed by atoms with van der Waals surface area (Å²) in [5.74, 6) is -10.6. The molecule has 0 bridgehead atoms. The maximum atomic E-state index is 15.7. The van der Waals surface area contributed by atoms with E-state index in [9.17, 15) is 37.1 Å². The van der Waals surface area contributed by atoms with Crippen LogP contribution < -0.4 is 16.0 Å². The number of alkyl halides is 4. The molecule has 101 heavy (non-hydrogen) atoms. The van der Waals surface area contributed by atoms with Gasteiger partial charge in [-0.05, 0) is 127 Å². The van der Waals surface area contributed by atoms with Gasteiger partial charge in [0.15, 0.2) is 0 Å². The predicted molar refractivity (Wildman–Crippen MR) is 369 cm³/mol. The third-order valence-corrected chi connectivity index (χ3v) is 24.5. The van der Waals surface area contributed by atoms with E-state index in [1.807, 2.05) is 13.8 Å². The van der Waals surface area contributed by atoms with E-state index in [1.165, 1.54) is 93.3 Å². The lowest BCUT2D eigenvalue weighted by Crippen LogP contribution is -2.65. The van der Waals surface area contributed by atoms with Crippen LogP contribution in [0.2, 0.25) is 0 Å². The largest absolute Gasteiger partial charge is 0.393 e. The molecule has 8 fully saturated rings. The first kappa shape index (κ1) is 80.4. The van der Waals surface area contributed by atoms with E-state index in [1.54, 1.807) is 6.92 Å². The van der Waals surface area contributed by atoms with Crippen molar-refractivity contribution in [1.29, 1.82) is 0 Å². The Hall–Kier alpha value is -6.32. The Bertz CT molecular complexity index is 2980. The van der Waals surface area contributed by atoms with Crippen molar-refractivity contribution in [3.8, 4) is 0 Å². The van der Waals surface area contributed by atoms with E-state index in [-0.39, 0.29) is 115 Å². The van der Waals surface area contributed by atoms with Crippen LogP contribution in [0.5, 0.6) is 0 Å². The van der Waals surface area contributed by atoms with Gasteiger partial charge in [0.25, 0.3) is 0 Å². The lowest BCUT2D eigenvalue weighted by atomic mass is 9.78. The maximum Gasteiger partial charge on any atom is 0.393 e. The SMILES string of the molecule is CCCCC[C@H]1C(=O)N[C@@H]([C@@H](C)CC)C(=O)N(C)[C@@H](C)C(=O)N2CC[C@H]2C(=O)N(C)[C@@H](C2CCCC2)C(=O)N(C)CC(=O)N[C@@H](CCC2CCC(C(F)(F)F)C(Cl)C2)C(=O)N2CCC[C@H]2C(=O)NC2(CCCC2)C(=O)N(C)[C@@H](C2CCCC2)C(=O)N(C)[C@H](C(=O)N2CCOCC2)CC(=O)N1C. The van der Waals surface area contributed by atoms with E-state index in [0.717, 1.165) is 32.1 Å². The van der Waals surface area contributed by atoms with Crippen LogP contribution in [0.1, 0.15) is 195 Å². The highest BCUT2D eigenvalue weighted by Gasteiger charge is 2.53. The van der Waals surface area contributed by atoms with Gasteiger partial charge in [0.1, 0.15) is 59.9 Å². The van der Waals surface area contributed by atoms with Crippen LogP contribution >= 0.6 is 11.6 Å². The molecule has 0 radical (unpaired) electrons. The van der Waals surface area contributed by atoms with Crippen molar-refractivity contribution in [2.45, 2.75) is 266 Å². The number of unbranched alkanes of at least 4 members (excludes halogenated alkanes) is 2. The molecule has 0 aromatic rings. The van der Waals surface area contributed by atoms with Crippen LogP contribution in [0.25, 0.3) is 0 Å². The van der Waals surface area contributed by atoms with Crippen LogP contribution in [-0.2, 0) is 62.3 Å². The van der Waals surface area contributed by atoms with Crippen molar-refractivity contribution in [2.24, 2.45) is 29.6 Å². The van der Waals surface area contributed by atoms with E-state index < -0.39 is 173 Å². The van der Waals surface area contributed by atoms with Crippen molar-refractivity contribution >= 4 is 82.5 Å². The first-order chi connectivity index (χ1) is 47.9. The summed E-state index contributed by atoms with van der Waals surface area (Å²) in [6.45, 7) is 7.54. The molecule has 12 amide bonds. The van der Waals surface area contributed by atoms with E-state index in [2.05, 4.69) is 16.0 Å². The van der Waals surface area contributed by atoms with Gasteiger partial charge in [0.2, 0.25) is 70.9 Å². The van der Waals surface area contributed by atoms with Gasteiger partial charge in [0.05, 0.1) is 32.1 Å². The molecule has 0 aromatic carbocycles. The molecule has 3 unspecified atom stereocenters. The minimum absolute atomic E-state index is 0.00167. The molecule has 29 heteroatoms. The van der Waals surface area contributed by atoms with Crippen LogP contribution in [0.3, 0.4) is 0 Å².